The Morgan fingerprint density at radius 3 is 2.72 bits per heavy atom. The molecule has 4 heteroatoms. The van der Waals surface area contributed by atoms with Crippen molar-refractivity contribution in [3.63, 3.8) is 0 Å². The predicted octanol–water partition coefficient (Wildman–Crippen LogP) is 1.81. The van der Waals surface area contributed by atoms with Gasteiger partial charge in [0.15, 0.2) is 0 Å². The lowest BCUT2D eigenvalue weighted by Crippen LogP contribution is -2.43. The molecule has 2 rings (SSSR count). The van der Waals surface area contributed by atoms with Crippen molar-refractivity contribution in [3.8, 4) is 0 Å². The Labute approximate surface area is 113 Å². The third kappa shape index (κ3) is 2.88. The normalized spacial score (nSPS) is 18.9. The molecule has 96 valence electrons. The maximum absolute atomic E-state index is 12.2. The molecule has 0 aliphatic carbocycles. The van der Waals surface area contributed by atoms with E-state index in [-0.39, 0.29) is 11.9 Å². The first-order valence-corrected chi connectivity index (χ1v) is 6.63. The molecular formula is C14H18N2OS. The van der Waals surface area contributed by atoms with E-state index in [1.165, 1.54) is 5.56 Å². The first-order valence-electron chi connectivity index (χ1n) is 6.22. The van der Waals surface area contributed by atoms with Crippen molar-refractivity contribution < 1.29 is 4.79 Å². The van der Waals surface area contributed by atoms with E-state index in [2.05, 4.69) is 0 Å². The number of carbonyl (C=O) groups is 1. The van der Waals surface area contributed by atoms with Crippen LogP contribution >= 0.6 is 12.2 Å². The number of carbonyl (C=O) groups excluding carboxylic acids is 1. The molecule has 0 aromatic heterocycles. The SMILES string of the molecule is Cc1ccc(CC(=O)N2CCCC2C(N)=S)cc1. The highest BCUT2D eigenvalue weighted by molar-refractivity contribution is 7.80. The van der Waals surface area contributed by atoms with Gasteiger partial charge in [-0.25, -0.2) is 0 Å². The molecule has 0 radical (unpaired) electrons. The molecular weight excluding hydrogens is 244 g/mol. The molecule has 1 amide bonds. The summed E-state index contributed by atoms with van der Waals surface area (Å²) in [5.41, 5.74) is 7.92. The van der Waals surface area contributed by atoms with E-state index in [1.54, 1.807) is 0 Å². The standard InChI is InChI=1S/C14H18N2OS/c1-10-4-6-11(7-5-10)9-13(17)16-8-2-3-12(16)14(15)18/h4-7,12H,2-3,8-9H2,1H3,(H2,15,18). The molecule has 0 spiro atoms. The van der Waals surface area contributed by atoms with Gasteiger partial charge in [0.25, 0.3) is 0 Å². The zero-order chi connectivity index (χ0) is 13.1. The van der Waals surface area contributed by atoms with Gasteiger partial charge in [0.05, 0.1) is 17.5 Å². The molecule has 1 aromatic carbocycles. The minimum absolute atomic E-state index is 0.0436. The highest BCUT2D eigenvalue weighted by atomic mass is 32.1. The van der Waals surface area contributed by atoms with Crippen LogP contribution in [0.25, 0.3) is 0 Å². The molecule has 1 fully saturated rings. The van der Waals surface area contributed by atoms with Crippen LogP contribution in [0.3, 0.4) is 0 Å². The van der Waals surface area contributed by atoms with Gasteiger partial charge in [-0.3, -0.25) is 4.79 Å². The second-order valence-corrected chi connectivity index (χ2v) is 5.28. The summed E-state index contributed by atoms with van der Waals surface area (Å²) in [6.45, 7) is 2.81. The van der Waals surface area contributed by atoms with Gasteiger partial charge in [-0.15, -0.1) is 0 Å². The topological polar surface area (TPSA) is 46.3 Å². The van der Waals surface area contributed by atoms with Gasteiger partial charge in [-0.2, -0.15) is 0 Å². The highest BCUT2D eigenvalue weighted by Gasteiger charge is 2.30. The molecule has 1 heterocycles. The maximum Gasteiger partial charge on any atom is 0.227 e. The monoisotopic (exact) mass is 262 g/mol. The van der Waals surface area contributed by atoms with Crippen LogP contribution in [-0.2, 0) is 11.2 Å². The molecule has 3 nitrogen and oxygen atoms in total. The van der Waals surface area contributed by atoms with Crippen molar-refractivity contribution in [2.75, 3.05) is 6.54 Å². The third-order valence-corrected chi connectivity index (χ3v) is 3.65. The molecule has 0 saturated carbocycles. The molecule has 1 atom stereocenters. The Balaban J connectivity index is 2.03. The molecule has 1 aliphatic heterocycles. The summed E-state index contributed by atoms with van der Waals surface area (Å²) in [5, 5.41) is 0. The van der Waals surface area contributed by atoms with E-state index in [4.69, 9.17) is 18.0 Å². The maximum atomic E-state index is 12.2. The fourth-order valence-corrected chi connectivity index (χ4v) is 2.59. The van der Waals surface area contributed by atoms with Crippen LogP contribution in [0.5, 0.6) is 0 Å². The van der Waals surface area contributed by atoms with Crippen LogP contribution < -0.4 is 5.73 Å². The number of nitrogens with zero attached hydrogens (tertiary/aromatic N) is 1. The highest BCUT2D eigenvalue weighted by Crippen LogP contribution is 2.19. The average molecular weight is 262 g/mol. The van der Waals surface area contributed by atoms with E-state index in [0.29, 0.717) is 11.4 Å². The smallest absolute Gasteiger partial charge is 0.227 e. The number of hydrogen-bond donors (Lipinski definition) is 1. The summed E-state index contributed by atoms with van der Waals surface area (Å²) >= 11 is 5.02. The zero-order valence-electron chi connectivity index (χ0n) is 10.6. The van der Waals surface area contributed by atoms with Gasteiger partial charge < -0.3 is 10.6 Å². The van der Waals surface area contributed by atoms with Gasteiger partial charge in [-0.1, -0.05) is 42.0 Å². The molecule has 1 aromatic rings. The lowest BCUT2D eigenvalue weighted by atomic mass is 10.1. The largest absolute Gasteiger partial charge is 0.392 e. The third-order valence-electron chi connectivity index (χ3n) is 3.38. The van der Waals surface area contributed by atoms with Crippen LogP contribution in [0, 0.1) is 6.92 Å². The first kappa shape index (κ1) is 13.0. The molecule has 1 saturated heterocycles. The Morgan fingerprint density at radius 2 is 2.11 bits per heavy atom. The molecule has 18 heavy (non-hydrogen) atoms. The van der Waals surface area contributed by atoms with Gasteiger partial charge in [0, 0.05) is 6.54 Å². The summed E-state index contributed by atoms with van der Waals surface area (Å²) in [4.78, 5) is 14.5. The van der Waals surface area contributed by atoms with Crippen molar-refractivity contribution in [3.05, 3.63) is 35.4 Å². The van der Waals surface area contributed by atoms with E-state index in [0.717, 1.165) is 24.9 Å². The van der Waals surface area contributed by atoms with E-state index >= 15 is 0 Å². The van der Waals surface area contributed by atoms with Crippen molar-refractivity contribution in [1.29, 1.82) is 0 Å². The van der Waals surface area contributed by atoms with Crippen molar-refractivity contribution in [2.24, 2.45) is 5.73 Å². The van der Waals surface area contributed by atoms with Crippen LogP contribution in [-0.4, -0.2) is 28.4 Å². The first-order chi connectivity index (χ1) is 8.58. The Morgan fingerprint density at radius 1 is 1.44 bits per heavy atom. The van der Waals surface area contributed by atoms with Crippen LogP contribution in [0.15, 0.2) is 24.3 Å². The number of benzene rings is 1. The fourth-order valence-electron chi connectivity index (χ4n) is 2.34. The van der Waals surface area contributed by atoms with Crippen LogP contribution in [0.4, 0.5) is 0 Å². The second kappa shape index (κ2) is 5.48. The van der Waals surface area contributed by atoms with Crippen LogP contribution in [0.2, 0.25) is 0 Å². The minimum Gasteiger partial charge on any atom is -0.392 e. The lowest BCUT2D eigenvalue weighted by molar-refractivity contribution is -0.130. The minimum atomic E-state index is -0.0436. The predicted molar refractivity (Wildman–Crippen MR) is 76.4 cm³/mol. The number of nitrogens with two attached hydrogens (primary N) is 1. The molecule has 1 unspecified atom stereocenters. The number of likely N-dealkylation sites (tertiary alicyclic amines) is 1. The summed E-state index contributed by atoms with van der Waals surface area (Å²) in [5.74, 6) is 0.120. The Bertz CT molecular complexity index is 455. The summed E-state index contributed by atoms with van der Waals surface area (Å²) in [6.07, 6.45) is 2.32. The van der Waals surface area contributed by atoms with E-state index in [9.17, 15) is 4.79 Å². The van der Waals surface area contributed by atoms with Crippen molar-refractivity contribution >= 4 is 23.1 Å². The average Bonchev–Trinajstić information content (AvgIpc) is 2.81. The van der Waals surface area contributed by atoms with Crippen molar-refractivity contribution in [2.45, 2.75) is 32.2 Å². The Hall–Kier alpha value is -1.42. The zero-order valence-corrected chi connectivity index (χ0v) is 11.4. The molecule has 0 bridgehead atoms. The van der Waals surface area contributed by atoms with E-state index < -0.39 is 0 Å². The number of rotatable bonds is 3. The Kier molecular flexibility index (Phi) is 3.97. The van der Waals surface area contributed by atoms with Gasteiger partial charge >= 0.3 is 0 Å². The lowest BCUT2D eigenvalue weighted by Gasteiger charge is -2.23. The molecule has 1 aliphatic rings. The number of hydrogen-bond acceptors (Lipinski definition) is 2. The summed E-state index contributed by atoms with van der Waals surface area (Å²) in [6, 6.07) is 8.01. The van der Waals surface area contributed by atoms with Crippen molar-refractivity contribution in [1.82, 2.24) is 4.90 Å². The quantitative estimate of drug-likeness (QED) is 0.845. The number of thiocarbonyl (C=S) groups is 1. The fraction of sp³-hybridized carbons (Fsp3) is 0.429. The van der Waals surface area contributed by atoms with Crippen LogP contribution in [0.1, 0.15) is 24.0 Å². The summed E-state index contributed by atoms with van der Waals surface area (Å²) < 4.78 is 0. The summed E-state index contributed by atoms with van der Waals surface area (Å²) in [7, 11) is 0. The second-order valence-electron chi connectivity index (χ2n) is 4.81. The van der Waals surface area contributed by atoms with Gasteiger partial charge in [0.1, 0.15) is 0 Å². The van der Waals surface area contributed by atoms with Gasteiger partial charge in [-0.05, 0) is 25.3 Å². The molecule has 2 N–H and O–H groups in total. The van der Waals surface area contributed by atoms with E-state index in [1.807, 2.05) is 36.1 Å². The van der Waals surface area contributed by atoms with Gasteiger partial charge in [0.2, 0.25) is 5.91 Å². The number of aryl methyl sites for hydroxylation is 1. The number of amides is 1.